The lowest BCUT2D eigenvalue weighted by Gasteiger charge is -2.33. The molecule has 24 heavy (non-hydrogen) atoms. The summed E-state index contributed by atoms with van der Waals surface area (Å²) in [6, 6.07) is 8.81. The van der Waals surface area contributed by atoms with Crippen molar-refractivity contribution in [1.29, 1.82) is 0 Å². The molecule has 4 nitrogen and oxygen atoms in total. The van der Waals surface area contributed by atoms with Gasteiger partial charge in [0.05, 0.1) is 6.04 Å². The van der Waals surface area contributed by atoms with Crippen molar-refractivity contribution < 1.29 is 8.81 Å². The van der Waals surface area contributed by atoms with Crippen LogP contribution in [-0.2, 0) is 6.54 Å². The summed E-state index contributed by atoms with van der Waals surface area (Å²) in [5.74, 6) is 1.06. The Morgan fingerprint density at radius 1 is 1.17 bits per heavy atom. The summed E-state index contributed by atoms with van der Waals surface area (Å²) in [4.78, 5) is 2.35. The first-order chi connectivity index (χ1) is 11.8. The molecule has 3 aromatic rings. The van der Waals surface area contributed by atoms with Gasteiger partial charge in [-0.1, -0.05) is 18.6 Å². The summed E-state index contributed by atoms with van der Waals surface area (Å²) < 4.78 is 19.0. The number of piperidine rings is 1. The van der Waals surface area contributed by atoms with Crippen molar-refractivity contribution in [3.63, 3.8) is 0 Å². The molecule has 0 bridgehead atoms. The summed E-state index contributed by atoms with van der Waals surface area (Å²) in [6.07, 6.45) is 3.32. The van der Waals surface area contributed by atoms with E-state index in [4.69, 9.17) is 4.42 Å². The number of nitrogens with zero attached hydrogens (tertiary/aromatic N) is 3. The lowest BCUT2D eigenvalue weighted by molar-refractivity contribution is 0.118. The van der Waals surface area contributed by atoms with Gasteiger partial charge in [0, 0.05) is 17.5 Å². The summed E-state index contributed by atoms with van der Waals surface area (Å²) in [7, 11) is 0. The second kappa shape index (κ2) is 6.83. The molecule has 1 aliphatic heterocycles. The van der Waals surface area contributed by atoms with Crippen LogP contribution < -0.4 is 0 Å². The highest BCUT2D eigenvalue weighted by atomic mass is 32.1. The van der Waals surface area contributed by atoms with Crippen molar-refractivity contribution in [3.8, 4) is 11.5 Å². The van der Waals surface area contributed by atoms with E-state index < -0.39 is 0 Å². The molecule has 4 rings (SSSR count). The van der Waals surface area contributed by atoms with Crippen LogP contribution in [0.25, 0.3) is 11.5 Å². The van der Waals surface area contributed by atoms with Crippen molar-refractivity contribution >= 4 is 11.3 Å². The van der Waals surface area contributed by atoms with E-state index in [2.05, 4.69) is 15.1 Å². The van der Waals surface area contributed by atoms with E-state index in [-0.39, 0.29) is 11.9 Å². The van der Waals surface area contributed by atoms with Crippen LogP contribution in [-0.4, -0.2) is 21.6 Å². The lowest BCUT2D eigenvalue weighted by Crippen LogP contribution is -2.33. The van der Waals surface area contributed by atoms with Gasteiger partial charge in [0.25, 0.3) is 0 Å². The molecule has 0 unspecified atom stereocenters. The summed E-state index contributed by atoms with van der Waals surface area (Å²) in [6.45, 7) is 1.75. The van der Waals surface area contributed by atoms with Gasteiger partial charge in [-0.15, -0.1) is 10.2 Å². The minimum absolute atomic E-state index is 0.128. The van der Waals surface area contributed by atoms with Crippen molar-refractivity contribution in [3.05, 3.63) is 58.4 Å². The highest BCUT2D eigenvalue weighted by Gasteiger charge is 2.28. The third-order valence-corrected chi connectivity index (χ3v) is 5.09. The van der Waals surface area contributed by atoms with Crippen molar-refractivity contribution in [2.24, 2.45) is 0 Å². The summed E-state index contributed by atoms with van der Waals surface area (Å²) in [5.41, 5.74) is 2.07. The second-order valence-electron chi connectivity index (χ2n) is 6.07. The van der Waals surface area contributed by atoms with Gasteiger partial charge in [-0.05, 0) is 48.5 Å². The van der Waals surface area contributed by atoms with Crippen LogP contribution >= 0.6 is 11.3 Å². The molecule has 0 N–H and O–H groups in total. The Labute approximate surface area is 143 Å². The minimum atomic E-state index is -0.203. The number of thiophene rings is 1. The lowest BCUT2D eigenvalue weighted by atomic mass is 10.0. The van der Waals surface area contributed by atoms with E-state index in [1.54, 1.807) is 11.3 Å². The molecule has 0 spiro atoms. The molecule has 3 heterocycles. The molecule has 0 radical (unpaired) electrons. The van der Waals surface area contributed by atoms with Crippen LogP contribution in [0.4, 0.5) is 4.39 Å². The quantitative estimate of drug-likeness (QED) is 0.691. The molecule has 1 atom stereocenters. The first-order valence-electron chi connectivity index (χ1n) is 8.14. The van der Waals surface area contributed by atoms with Gasteiger partial charge in [-0.2, -0.15) is 11.3 Å². The van der Waals surface area contributed by atoms with E-state index in [9.17, 15) is 4.39 Å². The topological polar surface area (TPSA) is 42.2 Å². The van der Waals surface area contributed by atoms with Gasteiger partial charge in [0.2, 0.25) is 11.8 Å². The van der Waals surface area contributed by atoms with E-state index in [0.29, 0.717) is 11.8 Å². The minimum Gasteiger partial charge on any atom is -0.419 e. The Bertz CT molecular complexity index is 785. The molecule has 1 aromatic carbocycles. The Hall–Kier alpha value is -2.05. The van der Waals surface area contributed by atoms with Crippen LogP contribution in [0.15, 0.2) is 45.5 Å². The molecule has 1 saturated heterocycles. The first-order valence-corrected chi connectivity index (χ1v) is 9.08. The average Bonchev–Trinajstić information content (AvgIpc) is 3.28. The van der Waals surface area contributed by atoms with E-state index >= 15 is 0 Å². The molecular formula is C18H18FN3OS. The fourth-order valence-corrected chi connectivity index (χ4v) is 3.79. The maximum absolute atomic E-state index is 13.1. The summed E-state index contributed by atoms with van der Waals surface area (Å²) >= 11 is 1.61. The third-order valence-electron chi connectivity index (χ3n) is 4.41. The van der Waals surface area contributed by atoms with Crippen LogP contribution in [0.2, 0.25) is 0 Å². The number of halogens is 1. The second-order valence-corrected chi connectivity index (χ2v) is 6.85. The normalized spacial score (nSPS) is 18.8. The molecule has 1 aliphatic rings. The molecule has 6 heteroatoms. The number of hydrogen-bond donors (Lipinski definition) is 0. The monoisotopic (exact) mass is 343 g/mol. The van der Waals surface area contributed by atoms with Gasteiger partial charge >= 0.3 is 0 Å². The Morgan fingerprint density at radius 3 is 2.83 bits per heavy atom. The molecule has 124 valence electrons. The summed E-state index contributed by atoms with van der Waals surface area (Å²) in [5, 5.41) is 12.5. The fourth-order valence-electron chi connectivity index (χ4n) is 3.16. The van der Waals surface area contributed by atoms with Gasteiger partial charge in [0.1, 0.15) is 5.82 Å². The van der Waals surface area contributed by atoms with Crippen LogP contribution in [0.1, 0.15) is 36.8 Å². The van der Waals surface area contributed by atoms with Crippen LogP contribution in [0.5, 0.6) is 0 Å². The maximum atomic E-state index is 13.1. The fraction of sp³-hybridized carbons (Fsp3) is 0.333. The molecule has 0 aliphatic carbocycles. The zero-order valence-electron chi connectivity index (χ0n) is 13.2. The van der Waals surface area contributed by atoms with Crippen molar-refractivity contribution in [1.82, 2.24) is 15.1 Å². The largest absolute Gasteiger partial charge is 0.419 e. The predicted molar refractivity (Wildman–Crippen MR) is 91.0 cm³/mol. The van der Waals surface area contributed by atoms with Gasteiger partial charge in [-0.3, -0.25) is 4.90 Å². The van der Waals surface area contributed by atoms with Crippen LogP contribution in [0.3, 0.4) is 0 Å². The Morgan fingerprint density at radius 2 is 2.04 bits per heavy atom. The maximum Gasteiger partial charge on any atom is 0.248 e. The first kappa shape index (κ1) is 15.5. The standard InChI is InChI=1S/C18H18FN3OS/c19-15-6-4-13(5-7-15)11-22-9-2-1-3-16(22)18-21-20-17(23-18)14-8-10-24-12-14/h4-8,10,12,16H,1-3,9,11H2/t16-/m1/s1. The number of rotatable bonds is 4. The smallest absolute Gasteiger partial charge is 0.248 e. The van der Waals surface area contributed by atoms with E-state index in [0.717, 1.165) is 43.5 Å². The van der Waals surface area contributed by atoms with Crippen molar-refractivity contribution in [2.75, 3.05) is 6.54 Å². The highest BCUT2D eigenvalue weighted by molar-refractivity contribution is 7.08. The Kier molecular flexibility index (Phi) is 4.40. The molecule has 0 amide bonds. The highest BCUT2D eigenvalue weighted by Crippen LogP contribution is 2.33. The predicted octanol–water partition coefficient (Wildman–Crippen LogP) is 4.66. The number of hydrogen-bond acceptors (Lipinski definition) is 5. The van der Waals surface area contributed by atoms with Gasteiger partial charge < -0.3 is 4.42 Å². The molecule has 1 fully saturated rings. The SMILES string of the molecule is Fc1ccc(CN2CCCC[C@@H]2c2nnc(-c3ccsc3)o2)cc1. The third kappa shape index (κ3) is 3.25. The number of aromatic nitrogens is 2. The van der Waals surface area contributed by atoms with E-state index in [1.807, 2.05) is 29.0 Å². The van der Waals surface area contributed by atoms with Gasteiger partial charge in [0.15, 0.2) is 0 Å². The molecule has 0 saturated carbocycles. The molecule has 2 aromatic heterocycles. The molecular weight excluding hydrogens is 325 g/mol. The zero-order chi connectivity index (χ0) is 16.4. The van der Waals surface area contributed by atoms with Gasteiger partial charge in [-0.25, -0.2) is 4.39 Å². The van der Waals surface area contributed by atoms with Crippen molar-refractivity contribution in [2.45, 2.75) is 31.8 Å². The number of benzene rings is 1. The average molecular weight is 343 g/mol. The zero-order valence-corrected chi connectivity index (χ0v) is 14.0. The van der Waals surface area contributed by atoms with E-state index in [1.165, 1.54) is 12.1 Å². The Balaban J connectivity index is 1.54. The number of likely N-dealkylation sites (tertiary alicyclic amines) is 1. The van der Waals surface area contributed by atoms with Crippen LogP contribution in [0, 0.1) is 5.82 Å².